The van der Waals surface area contributed by atoms with E-state index < -0.39 is 21.7 Å². The fourth-order valence-electron chi connectivity index (χ4n) is 3.55. The highest BCUT2D eigenvalue weighted by molar-refractivity contribution is 9.10. The number of anilines is 1. The first kappa shape index (κ1) is 25.1. The first-order valence-corrected chi connectivity index (χ1v) is 12.9. The van der Waals surface area contributed by atoms with Crippen LogP contribution in [0, 0.1) is 5.82 Å². The van der Waals surface area contributed by atoms with Crippen LogP contribution in [0.2, 0.25) is 0 Å². The molecule has 0 aromatic heterocycles. The van der Waals surface area contributed by atoms with Crippen molar-refractivity contribution in [1.82, 2.24) is 4.31 Å². The van der Waals surface area contributed by atoms with Gasteiger partial charge in [0.1, 0.15) is 5.82 Å². The number of nitrogens with zero attached hydrogens (tertiary/aromatic N) is 1. The van der Waals surface area contributed by atoms with Crippen LogP contribution in [0.5, 0.6) is 0 Å². The minimum absolute atomic E-state index is 0.00950. The average Bonchev–Trinajstić information content (AvgIpc) is 2.80. The van der Waals surface area contributed by atoms with E-state index in [2.05, 4.69) is 21.2 Å². The fraction of sp³-hybridized carbons (Fsp3) is 0.240. The van der Waals surface area contributed by atoms with Crippen LogP contribution < -0.4 is 5.32 Å². The van der Waals surface area contributed by atoms with Crippen LogP contribution in [0.1, 0.15) is 30.5 Å². The molecule has 0 aliphatic carbocycles. The summed E-state index contributed by atoms with van der Waals surface area (Å²) in [4.78, 5) is 13.0. The van der Waals surface area contributed by atoms with Gasteiger partial charge in [-0.3, -0.25) is 4.79 Å². The predicted molar refractivity (Wildman–Crippen MR) is 132 cm³/mol. The number of rotatable bonds is 9. The van der Waals surface area contributed by atoms with Gasteiger partial charge in [0.15, 0.2) is 0 Å². The Balaban J connectivity index is 1.92. The number of halogens is 2. The average molecular weight is 533 g/mol. The van der Waals surface area contributed by atoms with Gasteiger partial charge >= 0.3 is 0 Å². The molecule has 0 spiro atoms. The maximum absolute atomic E-state index is 13.4. The molecule has 0 unspecified atom stereocenters. The Bertz CT molecular complexity index is 1190. The van der Waals surface area contributed by atoms with Crippen molar-refractivity contribution in [3.8, 4) is 0 Å². The third-order valence-corrected chi connectivity index (χ3v) is 7.53. The number of carbonyl (C=O) groups excluding carboxylic acids is 1. The molecule has 0 saturated carbocycles. The predicted octanol–water partition coefficient (Wildman–Crippen LogP) is 5.54. The molecule has 1 N–H and O–H groups in total. The largest absolute Gasteiger partial charge is 0.324 e. The summed E-state index contributed by atoms with van der Waals surface area (Å²) in [5.74, 6) is -0.973. The summed E-state index contributed by atoms with van der Waals surface area (Å²) in [5, 5.41) is 2.93. The molecule has 0 atom stereocenters. The van der Waals surface area contributed by atoms with Crippen molar-refractivity contribution in [2.75, 3.05) is 11.9 Å². The van der Waals surface area contributed by atoms with Gasteiger partial charge in [-0.2, -0.15) is 4.31 Å². The number of amides is 1. The molecule has 174 valence electrons. The lowest BCUT2D eigenvalue weighted by Crippen LogP contribution is -2.37. The van der Waals surface area contributed by atoms with Crippen LogP contribution in [0.15, 0.2) is 76.1 Å². The Kier molecular flexibility index (Phi) is 8.40. The standard InChI is InChI=1S/C25H26BrFN2O3S/c1-3-19-14-21(26)15-20(4-2)25(19)28-24(30)17-29(16-18-8-6-5-7-9-18)33(31,32)23-12-10-22(27)11-13-23/h5-15H,3-4,16-17H2,1-2H3,(H,28,30). The van der Waals surface area contributed by atoms with E-state index in [1.165, 1.54) is 12.1 Å². The highest BCUT2D eigenvalue weighted by atomic mass is 79.9. The smallest absolute Gasteiger partial charge is 0.243 e. The molecule has 3 rings (SSSR count). The second-order valence-corrected chi connectivity index (χ2v) is 10.4. The van der Waals surface area contributed by atoms with Crippen LogP contribution in [0.4, 0.5) is 10.1 Å². The zero-order valence-electron chi connectivity index (χ0n) is 18.5. The van der Waals surface area contributed by atoms with Crippen LogP contribution in [-0.4, -0.2) is 25.2 Å². The number of hydrogen-bond donors (Lipinski definition) is 1. The molecular weight excluding hydrogens is 507 g/mol. The Labute approximate surface area is 202 Å². The number of hydrogen-bond acceptors (Lipinski definition) is 3. The molecule has 0 heterocycles. The molecule has 1 amide bonds. The van der Waals surface area contributed by atoms with Crippen molar-refractivity contribution in [1.29, 1.82) is 0 Å². The highest BCUT2D eigenvalue weighted by Crippen LogP contribution is 2.28. The summed E-state index contributed by atoms with van der Waals surface area (Å²) < 4.78 is 42.1. The van der Waals surface area contributed by atoms with E-state index in [-0.39, 0.29) is 18.0 Å². The van der Waals surface area contributed by atoms with E-state index in [1.54, 1.807) is 24.3 Å². The molecule has 3 aromatic carbocycles. The zero-order valence-corrected chi connectivity index (χ0v) is 20.9. The lowest BCUT2D eigenvalue weighted by Gasteiger charge is -2.23. The van der Waals surface area contributed by atoms with Gasteiger partial charge in [0.05, 0.1) is 11.4 Å². The van der Waals surface area contributed by atoms with E-state index in [1.807, 2.05) is 32.0 Å². The molecule has 0 aliphatic rings. The number of benzene rings is 3. The topological polar surface area (TPSA) is 66.5 Å². The van der Waals surface area contributed by atoms with Crippen LogP contribution >= 0.6 is 15.9 Å². The normalized spacial score (nSPS) is 11.5. The Morgan fingerprint density at radius 1 is 0.970 bits per heavy atom. The monoisotopic (exact) mass is 532 g/mol. The minimum Gasteiger partial charge on any atom is -0.324 e. The van der Waals surface area contributed by atoms with Gasteiger partial charge in [0, 0.05) is 16.7 Å². The number of sulfonamides is 1. The summed E-state index contributed by atoms with van der Waals surface area (Å²) in [7, 11) is -4.04. The lowest BCUT2D eigenvalue weighted by atomic mass is 10.0. The Morgan fingerprint density at radius 2 is 1.55 bits per heavy atom. The van der Waals surface area contributed by atoms with Crippen LogP contribution in [-0.2, 0) is 34.2 Å². The lowest BCUT2D eigenvalue weighted by molar-refractivity contribution is -0.116. The molecule has 33 heavy (non-hydrogen) atoms. The second-order valence-electron chi connectivity index (χ2n) is 7.57. The first-order valence-electron chi connectivity index (χ1n) is 10.6. The van der Waals surface area contributed by atoms with Crippen molar-refractivity contribution in [3.63, 3.8) is 0 Å². The van der Waals surface area contributed by atoms with Gasteiger partial charge in [-0.25, -0.2) is 12.8 Å². The van der Waals surface area contributed by atoms with Gasteiger partial charge in [-0.05, 0) is 65.9 Å². The van der Waals surface area contributed by atoms with E-state index in [4.69, 9.17) is 0 Å². The van der Waals surface area contributed by atoms with Gasteiger partial charge in [0.25, 0.3) is 0 Å². The first-order chi connectivity index (χ1) is 15.7. The summed E-state index contributed by atoms with van der Waals surface area (Å²) in [6.45, 7) is 3.63. The molecular formula is C25H26BrFN2O3S. The maximum Gasteiger partial charge on any atom is 0.243 e. The second kappa shape index (κ2) is 11.0. The highest BCUT2D eigenvalue weighted by Gasteiger charge is 2.27. The van der Waals surface area contributed by atoms with E-state index >= 15 is 0 Å². The van der Waals surface area contributed by atoms with Gasteiger partial charge in [-0.15, -0.1) is 0 Å². The van der Waals surface area contributed by atoms with Crippen molar-refractivity contribution in [2.45, 2.75) is 38.1 Å². The summed E-state index contributed by atoms with van der Waals surface area (Å²) in [6, 6.07) is 17.5. The van der Waals surface area contributed by atoms with Crippen molar-refractivity contribution >= 4 is 37.5 Å². The van der Waals surface area contributed by atoms with Crippen molar-refractivity contribution in [3.05, 3.63) is 93.7 Å². The zero-order chi connectivity index (χ0) is 24.0. The van der Waals surface area contributed by atoms with Gasteiger partial charge in [-0.1, -0.05) is 60.1 Å². The molecule has 0 saturated heterocycles. The molecule has 3 aromatic rings. The molecule has 5 nitrogen and oxygen atoms in total. The van der Waals surface area contributed by atoms with Gasteiger partial charge < -0.3 is 5.32 Å². The number of carbonyl (C=O) groups is 1. The van der Waals surface area contributed by atoms with Crippen molar-refractivity contribution in [2.24, 2.45) is 0 Å². The summed E-state index contributed by atoms with van der Waals surface area (Å²) in [6.07, 6.45) is 1.42. The molecule has 0 aliphatic heterocycles. The number of nitrogens with one attached hydrogen (secondary N) is 1. The maximum atomic E-state index is 13.4. The number of aryl methyl sites for hydroxylation is 2. The quantitative estimate of drug-likeness (QED) is 0.393. The SMILES string of the molecule is CCc1cc(Br)cc(CC)c1NC(=O)CN(Cc1ccccc1)S(=O)(=O)c1ccc(F)cc1. The molecule has 0 radical (unpaired) electrons. The Hall–Kier alpha value is -2.55. The van der Waals surface area contributed by atoms with Crippen LogP contribution in [0.3, 0.4) is 0 Å². The minimum atomic E-state index is -4.04. The van der Waals surface area contributed by atoms with Crippen LogP contribution in [0.25, 0.3) is 0 Å². The summed E-state index contributed by atoms with van der Waals surface area (Å²) >= 11 is 3.50. The van der Waals surface area contributed by atoms with E-state index in [0.29, 0.717) is 18.5 Å². The van der Waals surface area contributed by atoms with Gasteiger partial charge in [0.2, 0.25) is 15.9 Å². The van der Waals surface area contributed by atoms with Crippen molar-refractivity contribution < 1.29 is 17.6 Å². The van der Waals surface area contributed by atoms with E-state index in [9.17, 15) is 17.6 Å². The third kappa shape index (κ3) is 6.28. The fourth-order valence-corrected chi connectivity index (χ4v) is 5.49. The third-order valence-electron chi connectivity index (χ3n) is 5.27. The van der Waals surface area contributed by atoms with E-state index in [0.717, 1.165) is 37.6 Å². The molecule has 0 bridgehead atoms. The summed E-state index contributed by atoms with van der Waals surface area (Å²) in [5.41, 5.74) is 3.38. The molecule has 8 heteroatoms. The Morgan fingerprint density at radius 3 is 2.09 bits per heavy atom. The molecule has 0 fully saturated rings.